The van der Waals surface area contributed by atoms with Crippen LogP contribution in [-0.4, -0.2) is 29.5 Å². The van der Waals surface area contributed by atoms with Crippen molar-refractivity contribution in [3.8, 4) is 0 Å². The molecule has 1 fully saturated rings. The van der Waals surface area contributed by atoms with Gasteiger partial charge < -0.3 is 4.90 Å². The van der Waals surface area contributed by atoms with E-state index in [4.69, 9.17) is 0 Å². The van der Waals surface area contributed by atoms with E-state index in [2.05, 4.69) is 53.5 Å². The molecule has 0 radical (unpaired) electrons. The summed E-state index contributed by atoms with van der Waals surface area (Å²) < 4.78 is 0. The van der Waals surface area contributed by atoms with Crippen molar-refractivity contribution in [2.75, 3.05) is 13.1 Å². The summed E-state index contributed by atoms with van der Waals surface area (Å²) >= 11 is 0. The molecule has 3 aliphatic rings. The molecule has 2 atom stereocenters. The van der Waals surface area contributed by atoms with Gasteiger partial charge in [0.25, 0.3) is 0 Å². The number of allylic oxidation sites excluding steroid dienone is 1. The third-order valence-corrected chi connectivity index (χ3v) is 5.02. The van der Waals surface area contributed by atoms with E-state index in [1.807, 2.05) is 0 Å². The fourth-order valence-corrected chi connectivity index (χ4v) is 4.18. The monoisotopic (exact) mass is 279 g/mol. The minimum Gasteiger partial charge on any atom is -0.368 e. The van der Waals surface area contributed by atoms with Crippen LogP contribution in [0.5, 0.6) is 0 Å². The second-order valence-corrected chi connectivity index (χ2v) is 6.33. The van der Waals surface area contributed by atoms with E-state index in [9.17, 15) is 0 Å². The molecule has 0 N–H and O–H groups in total. The van der Waals surface area contributed by atoms with Crippen LogP contribution in [0.25, 0.3) is 0 Å². The van der Waals surface area contributed by atoms with Crippen LogP contribution in [0.3, 0.4) is 0 Å². The van der Waals surface area contributed by atoms with Gasteiger partial charge in [0.05, 0.1) is 12.6 Å². The van der Waals surface area contributed by atoms with Crippen molar-refractivity contribution in [2.24, 2.45) is 15.9 Å². The number of hydrogen-bond donors (Lipinski definition) is 0. The molecule has 1 aromatic carbocycles. The van der Waals surface area contributed by atoms with Gasteiger partial charge in [-0.05, 0) is 43.7 Å². The van der Waals surface area contributed by atoms with Crippen molar-refractivity contribution in [1.29, 1.82) is 0 Å². The van der Waals surface area contributed by atoms with Crippen LogP contribution in [0.1, 0.15) is 43.0 Å². The molecule has 3 heteroatoms. The van der Waals surface area contributed by atoms with Gasteiger partial charge >= 0.3 is 0 Å². The standard InChI is InChI=1S/C18H21N3/c1-4-21-12(3)8-13-9-16-14(17(13)21)6-5-7-15(16)18-19-10-11(2)20-18/h5-7,13,17H,3-4,8-10H2,1-2H3/t13-,17-/m1/s1. The SMILES string of the molecule is C=C1C[C@@H]2Cc3c(C4=NCC(C)=N4)cccc3[C@@H]2N1CC. The number of hydrogen-bond acceptors (Lipinski definition) is 3. The third-order valence-electron chi connectivity index (χ3n) is 5.02. The molecule has 2 heterocycles. The highest BCUT2D eigenvalue weighted by atomic mass is 15.2. The number of amidine groups is 1. The summed E-state index contributed by atoms with van der Waals surface area (Å²) in [5.41, 5.74) is 6.61. The lowest BCUT2D eigenvalue weighted by Crippen LogP contribution is -2.21. The van der Waals surface area contributed by atoms with E-state index < -0.39 is 0 Å². The van der Waals surface area contributed by atoms with E-state index in [1.165, 1.54) is 22.4 Å². The summed E-state index contributed by atoms with van der Waals surface area (Å²) in [5.74, 6) is 1.62. The number of aliphatic imine (C=N–C) groups is 2. The van der Waals surface area contributed by atoms with Crippen molar-refractivity contribution in [2.45, 2.75) is 32.7 Å². The average molecular weight is 279 g/mol. The molecule has 0 saturated carbocycles. The first kappa shape index (κ1) is 12.8. The van der Waals surface area contributed by atoms with Gasteiger partial charge in [0.2, 0.25) is 0 Å². The quantitative estimate of drug-likeness (QED) is 0.816. The smallest absolute Gasteiger partial charge is 0.155 e. The Balaban J connectivity index is 1.79. The number of rotatable bonds is 2. The predicted octanol–water partition coefficient (Wildman–Crippen LogP) is 3.36. The number of likely N-dealkylation sites (tertiary alicyclic amines) is 1. The highest BCUT2D eigenvalue weighted by molar-refractivity contribution is 6.11. The van der Waals surface area contributed by atoms with Crippen molar-refractivity contribution in [1.82, 2.24) is 4.90 Å². The second kappa shape index (κ2) is 4.55. The lowest BCUT2D eigenvalue weighted by atomic mass is 10.0. The zero-order valence-corrected chi connectivity index (χ0v) is 12.8. The molecule has 1 aromatic rings. The number of fused-ring (bicyclic) bond motifs is 3. The van der Waals surface area contributed by atoms with Crippen molar-refractivity contribution < 1.29 is 0 Å². The molecule has 0 amide bonds. The summed E-state index contributed by atoms with van der Waals surface area (Å²) in [4.78, 5) is 11.7. The van der Waals surface area contributed by atoms with E-state index in [-0.39, 0.29) is 0 Å². The van der Waals surface area contributed by atoms with Crippen LogP contribution in [-0.2, 0) is 6.42 Å². The van der Waals surface area contributed by atoms with E-state index in [0.717, 1.165) is 37.5 Å². The molecule has 0 bridgehead atoms. The highest BCUT2D eigenvalue weighted by Gasteiger charge is 2.43. The molecule has 108 valence electrons. The Hall–Kier alpha value is -1.90. The molecule has 3 nitrogen and oxygen atoms in total. The lowest BCUT2D eigenvalue weighted by molar-refractivity contribution is 0.283. The average Bonchev–Trinajstić information content (AvgIpc) is 3.11. The van der Waals surface area contributed by atoms with E-state index in [0.29, 0.717) is 12.0 Å². The fraction of sp³-hybridized carbons (Fsp3) is 0.444. The molecular formula is C18H21N3. The van der Waals surface area contributed by atoms with Crippen molar-refractivity contribution >= 4 is 11.5 Å². The van der Waals surface area contributed by atoms with Crippen LogP contribution in [0.2, 0.25) is 0 Å². The molecule has 4 rings (SSSR count). The lowest BCUT2D eigenvalue weighted by Gasteiger charge is -2.26. The molecular weight excluding hydrogens is 258 g/mol. The summed E-state index contributed by atoms with van der Waals surface area (Å²) in [7, 11) is 0. The number of nitrogens with zero attached hydrogens (tertiary/aromatic N) is 3. The van der Waals surface area contributed by atoms with Gasteiger partial charge in [-0.15, -0.1) is 0 Å². The minimum absolute atomic E-state index is 0.518. The molecule has 0 unspecified atom stereocenters. The largest absolute Gasteiger partial charge is 0.368 e. The predicted molar refractivity (Wildman–Crippen MR) is 87.0 cm³/mol. The van der Waals surface area contributed by atoms with Gasteiger partial charge in [-0.2, -0.15) is 0 Å². The van der Waals surface area contributed by atoms with Crippen LogP contribution < -0.4 is 0 Å². The van der Waals surface area contributed by atoms with Gasteiger partial charge in [-0.1, -0.05) is 24.8 Å². The van der Waals surface area contributed by atoms with Crippen molar-refractivity contribution in [3.63, 3.8) is 0 Å². The Kier molecular flexibility index (Phi) is 2.78. The van der Waals surface area contributed by atoms with Gasteiger partial charge in [-0.25, -0.2) is 4.99 Å². The van der Waals surface area contributed by atoms with Crippen LogP contribution in [0, 0.1) is 5.92 Å². The maximum Gasteiger partial charge on any atom is 0.155 e. The third kappa shape index (κ3) is 1.80. The van der Waals surface area contributed by atoms with Crippen LogP contribution >= 0.6 is 0 Å². The van der Waals surface area contributed by atoms with E-state index in [1.54, 1.807) is 0 Å². The van der Waals surface area contributed by atoms with Gasteiger partial charge in [-0.3, -0.25) is 4.99 Å². The maximum absolute atomic E-state index is 4.62. The summed E-state index contributed by atoms with van der Waals surface area (Å²) in [6, 6.07) is 7.16. The molecule has 2 aliphatic heterocycles. The molecule has 0 aromatic heterocycles. The van der Waals surface area contributed by atoms with Crippen LogP contribution in [0.15, 0.2) is 40.5 Å². The summed E-state index contributed by atoms with van der Waals surface area (Å²) in [5, 5.41) is 0. The first-order chi connectivity index (χ1) is 10.2. The zero-order valence-electron chi connectivity index (χ0n) is 12.8. The summed E-state index contributed by atoms with van der Waals surface area (Å²) in [6.45, 7) is 10.3. The van der Waals surface area contributed by atoms with E-state index >= 15 is 0 Å². The molecule has 21 heavy (non-hydrogen) atoms. The Bertz CT molecular complexity index is 684. The van der Waals surface area contributed by atoms with Crippen LogP contribution in [0.4, 0.5) is 0 Å². The molecule has 1 aliphatic carbocycles. The minimum atomic E-state index is 0.518. The Morgan fingerprint density at radius 1 is 1.33 bits per heavy atom. The van der Waals surface area contributed by atoms with Crippen molar-refractivity contribution in [3.05, 3.63) is 47.2 Å². The van der Waals surface area contributed by atoms with Gasteiger partial charge in [0.1, 0.15) is 0 Å². The Labute approximate surface area is 126 Å². The first-order valence-corrected chi connectivity index (χ1v) is 7.84. The summed E-state index contributed by atoms with van der Waals surface area (Å²) in [6.07, 6.45) is 2.26. The molecule has 1 saturated heterocycles. The maximum atomic E-state index is 4.62. The second-order valence-electron chi connectivity index (χ2n) is 6.33. The first-order valence-electron chi connectivity index (χ1n) is 7.84. The topological polar surface area (TPSA) is 28.0 Å². The zero-order chi connectivity index (χ0) is 14.6. The molecule has 0 spiro atoms. The normalized spacial score (nSPS) is 26.8. The number of benzene rings is 1. The van der Waals surface area contributed by atoms with Gasteiger partial charge in [0, 0.05) is 23.5 Å². The fourth-order valence-electron chi connectivity index (χ4n) is 4.18. The Morgan fingerprint density at radius 2 is 2.19 bits per heavy atom. The van der Waals surface area contributed by atoms with Gasteiger partial charge in [0.15, 0.2) is 5.84 Å². The highest BCUT2D eigenvalue weighted by Crippen LogP contribution is 2.50. The Morgan fingerprint density at radius 3 is 2.90 bits per heavy atom.